The zero-order chi connectivity index (χ0) is 19.4. The van der Waals surface area contributed by atoms with E-state index in [4.69, 9.17) is 10.5 Å². The molecular formula is C17H12N4O5S. The van der Waals surface area contributed by atoms with Gasteiger partial charge in [0.25, 0.3) is 5.91 Å². The van der Waals surface area contributed by atoms with E-state index in [2.05, 4.69) is 10.3 Å². The summed E-state index contributed by atoms with van der Waals surface area (Å²) in [6, 6.07) is 13.4. The summed E-state index contributed by atoms with van der Waals surface area (Å²) in [7, 11) is 0. The highest BCUT2D eigenvalue weighted by atomic mass is 32.1. The van der Waals surface area contributed by atoms with Crippen molar-refractivity contribution in [1.82, 2.24) is 4.98 Å². The van der Waals surface area contributed by atoms with Crippen molar-refractivity contribution in [3.05, 3.63) is 70.4 Å². The first-order chi connectivity index (χ1) is 12.9. The molecule has 2 amide bonds. The van der Waals surface area contributed by atoms with Gasteiger partial charge in [0.05, 0.1) is 4.92 Å². The van der Waals surface area contributed by atoms with E-state index in [1.807, 2.05) is 6.07 Å². The molecule has 3 aromatic rings. The quantitative estimate of drug-likeness (QED) is 0.510. The number of nitro groups is 1. The average molecular weight is 384 g/mol. The molecule has 0 aliphatic carbocycles. The van der Waals surface area contributed by atoms with Gasteiger partial charge in [-0.05, 0) is 40.7 Å². The number of amides is 2. The Morgan fingerprint density at radius 1 is 1.19 bits per heavy atom. The van der Waals surface area contributed by atoms with Crippen molar-refractivity contribution in [2.24, 2.45) is 5.73 Å². The third kappa shape index (κ3) is 4.25. The number of ether oxygens (including phenoxy) is 1. The van der Waals surface area contributed by atoms with E-state index in [9.17, 15) is 19.7 Å². The van der Waals surface area contributed by atoms with Gasteiger partial charge in [-0.3, -0.25) is 20.2 Å². The van der Waals surface area contributed by atoms with Crippen molar-refractivity contribution >= 4 is 33.5 Å². The molecule has 10 heteroatoms. The van der Waals surface area contributed by atoms with Crippen LogP contribution in [0.3, 0.4) is 0 Å². The maximum atomic E-state index is 12.7. The van der Waals surface area contributed by atoms with Crippen molar-refractivity contribution in [3.63, 3.8) is 0 Å². The normalized spacial score (nSPS) is 10.2. The average Bonchev–Trinajstić information content (AvgIpc) is 3.10. The molecule has 1 aromatic heterocycles. The number of hydrogen-bond donors (Lipinski definition) is 2. The number of aromatic nitrogens is 1. The molecule has 0 aliphatic heterocycles. The monoisotopic (exact) mass is 384 g/mol. The van der Waals surface area contributed by atoms with E-state index in [0.717, 1.165) is 17.5 Å². The second kappa shape index (κ2) is 7.62. The van der Waals surface area contributed by atoms with Crippen LogP contribution in [0.1, 0.15) is 10.4 Å². The Labute approximate surface area is 156 Å². The van der Waals surface area contributed by atoms with E-state index in [1.165, 1.54) is 18.2 Å². The highest BCUT2D eigenvalue weighted by Gasteiger charge is 2.18. The molecule has 0 saturated carbocycles. The first-order valence-electron chi connectivity index (χ1n) is 7.52. The maximum Gasteiger partial charge on any atom is 0.409 e. The predicted octanol–water partition coefficient (Wildman–Crippen LogP) is 3.43. The Morgan fingerprint density at radius 3 is 2.56 bits per heavy atom. The predicted molar refractivity (Wildman–Crippen MR) is 98.8 cm³/mol. The molecule has 0 saturated heterocycles. The van der Waals surface area contributed by atoms with Crippen molar-refractivity contribution < 1.29 is 19.2 Å². The van der Waals surface area contributed by atoms with E-state index in [1.54, 1.807) is 24.3 Å². The summed E-state index contributed by atoms with van der Waals surface area (Å²) in [5, 5.41) is 13.2. The fourth-order valence-electron chi connectivity index (χ4n) is 2.33. The molecule has 0 aliphatic rings. The second-order valence-electron chi connectivity index (χ2n) is 5.21. The van der Waals surface area contributed by atoms with E-state index < -0.39 is 16.9 Å². The topological polar surface area (TPSA) is 137 Å². The zero-order valence-corrected chi connectivity index (χ0v) is 14.4. The number of nitrogens with one attached hydrogen (secondary N) is 1. The molecule has 3 rings (SSSR count). The summed E-state index contributed by atoms with van der Waals surface area (Å²) in [6.45, 7) is 0. The zero-order valence-electron chi connectivity index (χ0n) is 13.6. The SMILES string of the molecule is NC(=O)Oc1ccc(C(=O)Nc2ncc([N+](=O)[O-])s2)c(-c2ccccc2)c1. The smallest absolute Gasteiger partial charge is 0.409 e. The van der Waals surface area contributed by atoms with Gasteiger partial charge in [0, 0.05) is 5.56 Å². The molecule has 27 heavy (non-hydrogen) atoms. The number of carbonyl (C=O) groups is 2. The Morgan fingerprint density at radius 2 is 1.93 bits per heavy atom. The fourth-order valence-corrected chi connectivity index (χ4v) is 2.96. The molecule has 136 valence electrons. The lowest BCUT2D eigenvalue weighted by atomic mass is 9.99. The Kier molecular flexibility index (Phi) is 5.08. The van der Waals surface area contributed by atoms with Crippen molar-refractivity contribution in [2.75, 3.05) is 5.32 Å². The third-order valence-corrected chi connectivity index (χ3v) is 4.30. The van der Waals surface area contributed by atoms with Gasteiger partial charge < -0.3 is 10.5 Å². The summed E-state index contributed by atoms with van der Waals surface area (Å²) in [5.74, 6) is -0.327. The van der Waals surface area contributed by atoms with Gasteiger partial charge in [0.1, 0.15) is 11.9 Å². The minimum Gasteiger partial charge on any atom is -0.410 e. The van der Waals surface area contributed by atoms with Crippen molar-refractivity contribution in [2.45, 2.75) is 0 Å². The molecule has 3 N–H and O–H groups in total. The van der Waals surface area contributed by atoms with Gasteiger partial charge in [-0.25, -0.2) is 9.78 Å². The van der Waals surface area contributed by atoms with Gasteiger partial charge in [-0.15, -0.1) is 0 Å². The number of nitrogens with two attached hydrogens (primary N) is 1. The summed E-state index contributed by atoms with van der Waals surface area (Å²) >= 11 is 0.749. The van der Waals surface area contributed by atoms with Crippen molar-refractivity contribution in [1.29, 1.82) is 0 Å². The third-order valence-electron chi connectivity index (χ3n) is 3.43. The summed E-state index contributed by atoms with van der Waals surface area (Å²) in [4.78, 5) is 37.6. The van der Waals surface area contributed by atoms with Gasteiger partial charge in [0.2, 0.25) is 0 Å². The van der Waals surface area contributed by atoms with Crippen LogP contribution in [0.5, 0.6) is 5.75 Å². The van der Waals surface area contributed by atoms with Crippen LogP contribution in [-0.4, -0.2) is 21.9 Å². The second-order valence-corrected chi connectivity index (χ2v) is 6.22. The molecule has 0 unspecified atom stereocenters. The molecule has 2 aromatic carbocycles. The largest absolute Gasteiger partial charge is 0.410 e. The molecule has 9 nitrogen and oxygen atoms in total. The minimum atomic E-state index is -0.971. The molecular weight excluding hydrogens is 372 g/mol. The van der Waals surface area contributed by atoms with Gasteiger partial charge in [-0.1, -0.05) is 30.3 Å². The van der Waals surface area contributed by atoms with Crippen LogP contribution in [-0.2, 0) is 0 Å². The van der Waals surface area contributed by atoms with Gasteiger partial charge >= 0.3 is 11.1 Å². The molecule has 0 radical (unpaired) electrons. The van der Waals surface area contributed by atoms with Crippen LogP contribution >= 0.6 is 11.3 Å². The summed E-state index contributed by atoms with van der Waals surface area (Å²) < 4.78 is 4.88. The lowest BCUT2D eigenvalue weighted by Crippen LogP contribution is -2.17. The van der Waals surface area contributed by atoms with Crippen LogP contribution in [0, 0.1) is 10.1 Å². The first-order valence-corrected chi connectivity index (χ1v) is 8.34. The molecule has 1 heterocycles. The Balaban J connectivity index is 1.96. The highest BCUT2D eigenvalue weighted by Crippen LogP contribution is 2.30. The number of nitrogens with zero attached hydrogens (tertiary/aromatic N) is 2. The number of primary amides is 1. The minimum absolute atomic E-state index is 0.100. The summed E-state index contributed by atoms with van der Waals surface area (Å²) in [6.07, 6.45) is 0.101. The number of hydrogen-bond acceptors (Lipinski definition) is 7. The number of anilines is 1. The van der Waals surface area contributed by atoms with Crippen LogP contribution in [0.25, 0.3) is 11.1 Å². The standard InChI is InChI=1S/C17H12N4O5S/c18-16(23)26-11-6-7-12(13(8-11)10-4-2-1-3-5-10)15(22)20-17-19-9-14(27-17)21(24)25/h1-9H,(H2,18,23)(H,19,20,22). The number of carbonyl (C=O) groups excluding carboxylic acids is 2. The first kappa shape index (κ1) is 18.0. The number of thiazole rings is 1. The molecule has 0 fully saturated rings. The molecule has 0 spiro atoms. The van der Waals surface area contributed by atoms with E-state index in [-0.39, 0.29) is 21.4 Å². The molecule has 0 atom stereocenters. The van der Waals surface area contributed by atoms with Crippen LogP contribution < -0.4 is 15.8 Å². The lowest BCUT2D eigenvalue weighted by Gasteiger charge is -2.11. The van der Waals surface area contributed by atoms with Crippen molar-refractivity contribution in [3.8, 4) is 16.9 Å². The van der Waals surface area contributed by atoms with Crippen LogP contribution in [0.4, 0.5) is 14.9 Å². The van der Waals surface area contributed by atoms with Gasteiger partial charge in [0.15, 0.2) is 5.13 Å². The van der Waals surface area contributed by atoms with Crippen LogP contribution in [0.2, 0.25) is 0 Å². The van der Waals surface area contributed by atoms with E-state index >= 15 is 0 Å². The Bertz CT molecular complexity index is 1020. The lowest BCUT2D eigenvalue weighted by molar-refractivity contribution is -0.380. The van der Waals surface area contributed by atoms with Crippen LogP contribution in [0.15, 0.2) is 54.7 Å². The Hall–Kier alpha value is -3.79. The summed E-state index contributed by atoms with van der Waals surface area (Å²) in [5.41, 5.74) is 6.52. The number of rotatable bonds is 5. The number of benzene rings is 2. The maximum absolute atomic E-state index is 12.7. The van der Waals surface area contributed by atoms with Gasteiger partial charge in [-0.2, -0.15) is 0 Å². The fraction of sp³-hybridized carbons (Fsp3) is 0. The van der Waals surface area contributed by atoms with E-state index in [0.29, 0.717) is 11.1 Å². The molecule has 0 bridgehead atoms. The highest BCUT2D eigenvalue weighted by molar-refractivity contribution is 7.18.